The van der Waals surface area contributed by atoms with Crippen LogP contribution in [0, 0.1) is 6.92 Å². The van der Waals surface area contributed by atoms with Gasteiger partial charge in [-0.25, -0.2) is 4.98 Å². The zero-order chi connectivity index (χ0) is 9.14. The van der Waals surface area contributed by atoms with Gasteiger partial charge < -0.3 is 9.88 Å². The van der Waals surface area contributed by atoms with Gasteiger partial charge in [0.2, 0.25) is 0 Å². The molecule has 1 aromatic rings. The second-order valence-electron chi connectivity index (χ2n) is 3.00. The molecule has 0 aliphatic carbocycles. The van der Waals surface area contributed by atoms with Gasteiger partial charge in [-0.3, -0.25) is 0 Å². The third-order valence-corrected chi connectivity index (χ3v) is 2.24. The molecule has 1 N–H and O–H groups in total. The fraction of sp³-hybridized carbons (Fsp3) is 0.667. The van der Waals surface area contributed by atoms with Crippen molar-refractivity contribution in [2.45, 2.75) is 26.8 Å². The van der Waals surface area contributed by atoms with E-state index in [1.165, 1.54) is 11.4 Å². The molecule has 1 aromatic heterocycles. The summed E-state index contributed by atoms with van der Waals surface area (Å²) in [6.07, 6.45) is 1.02. The van der Waals surface area contributed by atoms with Gasteiger partial charge in [-0.1, -0.05) is 6.92 Å². The quantitative estimate of drug-likeness (QED) is 0.728. The molecule has 0 aromatic carbocycles. The summed E-state index contributed by atoms with van der Waals surface area (Å²) in [4.78, 5) is 4.52. The normalized spacial score (nSPS) is 10.7. The number of nitrogens with zero attached hydrogens (tertiary/aromatic N) is 2. The molecule has 0 spiro atoms. The highest BCUT2D eigenvalue weighted by atomic mass is 15.1. The lowest BCUT2D eigenvalue weighted by Crippen LogP contribution is -2.10. The monoisotopic (exact) mass is 167 g/mol. The molecule has 0 atom stereocenters. The van der Waals surface area contributed by atoms with Crippen molar-refractivity contribution in [3.8, 4) is 0 Å². The molecule has 0 unspecified atom stereocenters. The van der Waals surface area contributed by atoms with Crippen molar-refractivity contribution in [2.75, 3.05) is 7.05 Å². The van der Waals surface area contributed by atoms with Crippen molar-refractivity contribution in [1.29, 1.82) is 0 Å². The van der Waals surface area contributed by atoms with Gasteiger partial charge >= 0.3 is 0 Å². The van der Waals surface area contributed by atoms with Gasteiger partial charge in [-0.2, -0.15) is 0 Å². The topological polar surface area (TPSA) is 29.9 Å². The van der Waals surface area contributed by atoms with E-state index in [9.17, 15) is 0 Å². The minimum atomic E-state index is 0.845. The molecule has 1 heterocycles. The summed E-state index contributed by atoms with van der Waals surface area (Å²) in [6, 6.07) is 0. The average Bonchev–Trinajstić information content (AvgIpc) is 2.33. The number of hydrogen-bond donors (Lipinski definition) is 1. The number of aryl methyl sites for hydroxylation is 1. The maximum atomic E-state index is 4.52. The predicted molar refractivity (Wildman–Crippen MR) is 50.1 cm³/mol. The van der Waals surface area contributed by atoms with Crippen LogP contribution in [0.4, 0.5) is 0 Å². The molecule has 0 saturated heterocycles. The summed E-state index contributed by atoms with van der Waals surface area (Å²) in [5, 5.41) is 3.11. The first-order chi connectivity index (χ1) is 5.70. The van der Waals surface area contributed by atoms with Crippen molar-refractivity contribution in [3.63, 3.8) is 0 Å². The van der Waals surface area contributed by atoms with Crippen LogP contribution in [-0.2, 0) is 20.0 Å². The Bertz CT molecular complexity index is 263. The van der Waals surface area contributed by atoms with E-state index in [0.29, 0.717) is 0 Å². The van der Waals surface area contributed by atoms with Crippen LogP contribution >= 0.6 is 0 Å². The van der Waals surface area contributed by atoms with Gasteiger partial charge in [-0.15, -0.1) is 0 Å². The molecule has 0 saturated carbocycles. The maximum absolute atomic E-state index is 4.52. The summed E-state index contributed by atoms with van der Waals surface area (Å²) in [5.74, 6) is 1.12. The molecular formula is C9H17N3. The second-order valence-corrected chi connectivity index (χ2v) is 3.00. The number of aromatic nitrogens is 2. The Morgan fingerprint density at radius 1 is 1.50 bits per heavy atom. The lowest BCUT2D eigenvalue weighted by atomic mass is 10.3. The third-order valence-electron chi connectivity index (χ3n) is 2.24. The first-order valence-electron chi connectivity index (χ1n) is 4.36. The molecule has 0 fully saturated rings. The van der Waals surface area contributed by atoms with Gasteiger partial charge in [0.05, 0.1) is 12.2 Å². The Kier molecular flexibility index (Phi) is 2.87. The molecule has 0 aliphatic heterocycles. The first-order valence-corrected chi connectivity index (χ1v) is 4.36. The highest BCUT2D eigenvalue weighted by Crippen LogP contribution is 2.09. The molecule has 1 rings (SSSR count). The van der Waals surface area contributed by atoms with E-state index in [0.717, 1.165) is 18.8 Å². The summed E-state index contributed by atoms with van der Waals surface area (Å²) < 4.78 is 2.15. The smallest absolute Gasteiger partial charge is 0.122 e. The highest BCUT2D eigenvalue weighted by Gasteiger charge is 2.07. The molecule has 0 aliphatic rings. The van der Waals surface area contributed by atoms with Crippen LogP contribution in [-0.4, -0.2) is 16.6 Å². The van der Waals surface area contributed by atoms with E-state index >= 15 is 0 Å². The van der Waals surface area contributed by atoms with Crippen LogP contribution in [0.1, 0.15) is 24.1 Å². The highest BCUT2D eigenvalue weighted by molar-refractivity contribution is 5.15. The van der Waals surface area contributed by atoms with E-state index in [1.54, 1.807) is 0 Å². The Morgan fingerprint density at radius 3 is 2.58 bits per heavy atom. The first kappa shape index (κ1) is 9.26. The van der Waals surface area contributed by atoms with Crippen LogP contribution in [0.3, 0.4) is 0 Å². The largest absolute Gasteiger partial charge is 0.334 e. The summed E-state index contributed by atoms with van der Waals surface area (Å²) >= 11 is 0. The fourth-order valence-electron chi connectivity index (χ4n) is 1.35. The number of rotatable bonds is 3. The number of imidazole rings is 1. The molecule has 0 bridgehead atoms. The second kappa shape index (κ2) is 3.72. The van der Waals surface area contributed by atoms with Crippen molar-refractivity contribution in [1.82, 2.24) is 14.9 Å². The van der Waals surface area contributed by atoms with Gasteiger partial charge in [0.25, 0.3) is 0 Å². The molecule has 3 nitrogen and oxygen atoms in total. The summed E-state index contributed by atoms with van der Waals surface area (Å²) in [7, 11) is 4.00. The summed E-state index contributed by atoms with van der Waals surface area (Å²) in [5.41, 5.74) is 2.49. The minimum Gasteiger partial charge on any atom is -0.334 e. The number of hydrogen-bond acceptors (Lipinski definition) is 2. The van der Waals surface area contributed by atoms with Gasteiger partial charge in [0.1, 0.15) is 5.82 Å². The van der Waals surface area contributed by atoms with Crippen LogP contribution in [0.5, 0.6) is 0 Å². The fourth-order valence-corrected chi connectivity index (χ4v) is 1.35. The Morgan fingerprint density at radius 2 is 2.17 bits per heavy atom. The predicted octanol–water partition coefficient (Wildman–Crippen LogP) is 1.01. The number of nitrogens with one attached hydrogen (secondary N) is 1. The van der Waals surface area contributed by atoms with Gasteiger partial charge in [0.15, 0.2) is 0 Å². The minimum absolute atomic E-state index is 0.845. The zero-order valence-corrected chi connectivity index (χ0v) is 8.31. The third kappa shape index (κ3) is 1.50. The van der Waals surface area contributed by atoms with Crippen LogP contribution in [0.25, 0.3) is 0 Å². The van der Waals surface area contributed by atoms with E-state index in [-0.39, 0.29) is 0 Å². The van der Waals surface area contributed by atoms with Crippen molar-refractivity contribution >= 4 is 0 Å². The molecule has 68 valence electrons. The molecule has 3 heteroatoms. The standard InChI is InChI=1S/C9H17N3/c1-5-8-7(2)12(4)9(11-8)6-10-3/h10H,5-6H2,1-4H3. The lowest BCUT2D eigenvalue weighted by molar-refractivity contribution is 0.700. The van der Waals surface area contributed by atoms with Gasteiger partial charge in [0, 0.05) is 12.7 Å². The summed E-state index contributed by atoms with van der Waals surface area (Å²) in [6.45, 7) is 5.10. The van der Waals surface area contributed by atoms with Crippen molar-refractivity contribution in [3.05, 3.63) is 17.2 Å². The maximum Gasteiger partial charge on any atom is 0.122 e. The lowest BCUT2D eigenvalue weighted by Gasteiger charge is -2.00. The molecule has 0 radical (unpaired) electrons. The van der Waals surface area contributed by atoms with E-state index in [4.69, 9.17) is 0 Å². The van der Waals surface area contributed by atoms with Crippen molar-refractivity contribution < 1.29 is 0 Å². The van der Waals surface area contributed by atoms with E-state index < -0.39 is 0 Å². The molecular weight excluding hydrogens is 150 g/mol. The molecule has 12 heavy (non-hydrogen) atoms. The average molecular weight is 167 g/mol. The molecule has 0 amide bonds. The van der Waals surface area contributed by atoms with E-state index in [1.807, 2.05) is 7.05 Å². The van der Waals surface area contributed by atoms with Crippen LogP contribution in [0.2, 0.25) is 0 Å². The SMILES string of the molecule is CCc1nc(CNC)n(C)c1C. The van der Waals surface area contributed by atoms with Gasteiger partial charge in [-0.05, 0) is 20.4 Å². The zero-order valence-electron chi connectivity index (χ0n) is 8.31. The van der Waals surface area contributed by atoms with E-state index in [2.05, 4.69) is 35.8 Å². The Labute approximate surface area is 73.8 Å². The Hall–Kier alpha value is -0.830. The van der Waals surface area contributed by atoms with Crippen LogP contribution in [0.15, 0.2) is 0 Å². The Balaban J connectivity index is 2.98. The van der Waals surface area contributed by atoms with Crippen LogP contribution < -0.4 is 5.32 Å². The van der Waals surface area contributed by atoms with Crippen molar-refractivity contribution in [2.24, 2.45) is 7.05 Å².